The number of aromatic nitrogens is 2. The largest absolute Gasteiger partial charge is 0.397 e. The van der Waals surface area contributed by atoms with Crippen LogP contribution < -0.4 is 11.1 Å². The summed E-state index contributed by atoms with van der Waals surface area (Å²) in [6, 6.07) is 6.67. The maximum absolute atomic E-state index is 11.7. The van der Waals surface area contributed by atoms with Crippen molar-refractivity contribution < 1.29 is 4.79 Å². The van der Waals surface area contributed by atoms with Gasteiger partial charge in [-0.25, -0.2) is 9.97 Å². The standard InChI is InChI=1S/C12H11ClN4OS/c13-9-3-2-8(6-10(9)14)17-11(18)7-19-12-15-4-1-5-16-12/h1-6H,7,14H2,(H,17,18). The van der Waals surface area contributed by atoms with E-state index in [1.165, 1.54) is 11.8 Å². The smallest absolute Gasteiger partial charge is 0.234 e. The van der Waals surface area contributed by atoms with Crippen LogP contribution in [-0.2, 0) is 4.79 Å². The van der Waals surface area contributed by atoms with Crippen LogP contribution in [0.1, 0.15) is 0 Å². The molecule has 0 spiro atoms. The first-order valence-corrected chi connectivity index (χ1v) is 6.76. The molecule has 5 nitrogen and oxygen atoms in total. The molecule has 0 fully saturated rings. The van der Waals surface area contributed by atoms with Crippen molar-refractivity contribution in [2.24, 2.45) is 0 Å². The molecular formula is C12H11ClN4OS. The van der Waals surface area contributed by atoms with Crippen molar-refractivity contribution in [3.05, 3.63) is 41.7 Å². The quantitative estimate of drug-likeness (QED) is 0.514. The van der Waals surface area contributed by atoms with E-state index in [0.717, 1.165) is 0 Å². The summed E-state index contributed by atoms with van der Waals surface area (Å²) in [7, 11) is 0. The number of nitrogens with zero attached hydrogens (tertiary/aromatic N) is 2. The molecule has 0 saturated heterocycles. The maximum Gasteiger partial charge on any atom is 0.234 e. The van der Waals surface area contributed by atoms with E-state index in [1.807, 2.05) is 0 Å². The Morgan fingerprint density at radius 3 is 2.79 bits per heavy atom. The third-order valence-corrected chi connectivity index (χ3v) is 3.37. The van der Waals surface area contributed by atoms with Crippen LogP contribution in [-0.4, -0.2) is 21.6 Å². The molecule has 0 unspecified atom stereocenters. The summed E-state index contributed by atoms with van der Waals surface area (Å²) in [4.78, 5) is 19.8. The first kappa shape index (κ1) is 13.6. The van der Waals surface area contributed by atoms with Gasteiger partial charge in [-0.3, -0.25) is 4.79 Å². The van der Waals surface area contributed by atoms with Gasteiger partial charge in [-0.2, -0.15) is 0 Å². The maximum atomic E-state index is 11.7. The normalized spacial score (nSPS) is 10.2. The Morgan fingerprint density at radius 2 is 2.11 bits per heavy atom. The number of benzene rings is 1. The number of nitrogens with one attached hydrogen (secondary N) is 1. The van der Waals surface area contributed by atoms with Gasteiger partial charge in [-0.15, -0.1) is 0 Å². The first-order chi connectivity index (χ1) is 9.15. The van der Waals surface area contributed by atoms with Crippen LogP contribution in [0.3, 0.4) is 0 Å². The number of hydrogen-bond acceptors (Lipinski definition) is 5. The fourth-order valence-electron chi connectivity index (χ4n) is 1.31. The summed E-state index contributed by atoms with van der Waals surface area (Å²) >= 11 is 7.06. The van der Waals surface area contributed by atoms with Crippen molar-refractivity contribution in [2.75, 3.05) is 16.8 Å². The number of rotatable bonds is 4. The van der Waals surface area contributed by atoms with Crippen LogP contribution in [0.4, 0.5) is 11.4 Å². The van der Waals surface area contributed by atoms with Gasteiger partial charge in [0.1, 0.15) is 0 Å². The molecule has 0 bridgehead atoms. The van der Waals surface area contributed by atoms with E-state index < -0.39 is 0 Å². The molecule has 1 aromatic carbocycles. The Balaban J connectivity index is 1.89. The minimum Gasteiger partial charge on any atom is -0.397 e. The number of thioether (sulfide) groups is 1. The van der Waals surface area contributed by atoms with Gasteiger partial charge in [0.2, 0.25) is 5.91 Å². The zero-order chi connectivity index (χ0) is 13.7. The van der Waals surface area contributed by atoms with Gasteiger partial charge in [0.15, 0.2) is 5.16 Å². The molecular weight excluding hydrogens is 284 g/mol. The van der Waals surface area contributed by atoms with Crippen molar-refractivity contribution >= 4 is 40.6 Å². The minimum atomic E-state index is -0.154. The van der Waals surface area contributed by atoms with Crippen LogP contribution in [0, 0.1) is 0 Å². The molecule has 2 aromatic rings. The summed E-state index contributed by atoms with van der Waals surface area (Å²) < 4.78 is 0. The fraction of sp³-hybridized carbons (Fsp3) is 0.0833. The molecule has 98 valence electrons. The first-order valence-electron chi connectivity index (χ1n) is 5.40. The van der Waals surface area contributed by atoms with Gasteiger partial charge in [0, 0.05) is 18.1 Å². The zero-order valence-corrected chi connectivity index (χ0v) is 11.4. The summed E-state index contributed by atoms with van der Waals surface area (Å²) in [6.07, 6.45) is 3.26. The molecule has 1 amide bonds. The molecule has 7 heteroatoms. The number of halogens is 1. The summed E-state index contributed by atoms with van der Waals surface area (Å²) in [5.74, 6) is 0.0752. The molecule has 0 aliphatic heterocycles. The number of anilines is 2. The van der Waals surface area contributed by atoms with Gasteiger partial charge < -0.3 is 11.1 Å². The summed E-state index contributed by atoms with van der Waals surface area (Å²) in [5.41, 5.74) is 6.69. The highest BCUT2D eigenvalue weighted by Gasteiger charge is 2.06. The molecule has 19 heavy (non-hydrogen) atoms. The Morgan fingerprint density at radius 1 is 1.37 bits per heavy atom. The molecule has 2 rings (SSSR count). The molecule has 0 aliphatic rings. The zero-order valence-electron chi connectivity index (χ0n) is 9.84. The van der Waals surface area contributed by atoms with Crippen LogP contribution in [0.25, 0.3) is 0 Å². The lowest BCUT2D eigenvalue weighted by Crippen LogP contribution is -2.14. The number of nitrogen functional groups attached to an aromatic ring is 1. The van der Waals surface area contributed by atoms with Gasteiger partial charge in [0.25, 0.3) is 0 Å². The number of amides is 1. The number of hydrogen-bond donors (Lipinski definition) is 2. The average Bonchev–Trinajstić information content (AvgIpc) is 2.42. The predicted molar refractivity (Wildman–Crippen MR) is 77.3 cm³/mol. The van der Waals surface area contributed by atoms with Crippen LogP contribution >= 0.6 is 23.4 Å². The van der Waals surface area contributed by atoms with Crippen molar-refractivity contribution in [1.82, 2.24) is 9.97 Å². The second-order valence-electron chi connectivity index (χ2n) is 3.60. The van der Waals surface area contributed by atoms with Gasteiger partial charge in [-0.05, 0) is 24.3 Å². The van der Waals surface area contributed by atoms with Gasteiger partial charge >= 0.3 is 0 Å². The van der Waals surface area contributed by atoms with Gasteiger partial charge in [0.05, 0.1) is 16.5 Å². The lowest BCUT2D eigenvalue weighted by atomic mass is 10.3. The van der Waals surface area contributed by atoms with E-state index >= 15 is 0 Å². The summed E-state index contributed by atoms with van der Waals surface area (Å²) in [6.45, 7) is 0. The molecule has 1 heterocycles. The second kappa shape index (κ2) is 6.40. The predicted octanol–water partition coefficient (Wildman–Crippen LogP) is 2.44. The molecule has 0 atom stereocenters. The van der Waals surface area contributed by atoms with E-state index in [4.69, 9.17) is 17.3 Å². The SMILES string of the molecule is Nc1cc(NC(=O)CSc2ncccn2)ccc1Cl. The number of carbonyl (C=O) groups is 1. The second-order valence-corrected chi connectivity index (χ2v) is 4.95. The monoisotopic (exact) mass is 294 g/mol. The number of carbonyl (C=O) groups excluding carboxylic acids is 1. The van der Waals surface area contributed by atoms with E-state index in [1.54, 1.807) is 36.7 Å². The molecule has 0 saturated carbocycles. The Labute approximate surface area is 119 Å². The lowest BCUT2D eigenvalue weighted by molar-refractivity contribution is -0.113. The molecule has 0 aliphatic carbocycles. The van der Waals surface area contributed by atoms with E-state index in [9.17, 15) is 4.79 Å². The lowest BCUT2D eigenvalue weighted by Gasteiger charge is -2.06. The van der Waals surface area contributed by atoms with Crippen molar-refractivity contribution in [2.45, 2.75) is 5.16 Å². The van der Waals surface area contributed by atoms with Crippen molar-refractivity contribution in [3.63, 3.8) is 0 Å². The van der Waals surface area contributed by atoms with E-state index in [-0.39, 0.29) is 11.7 Å². The van der Waals surface area contributed by atoms with Crippen LogP contribution in [0.2, 0.25) is 5.02 Å². The Bertz CT molecular complexity index is 579. The minimum absolute atomic E-state index is 0.154. The highest BCUT2D eigenvalue weighted by molar-refractivity contribution is 7.99. The highest BCUT2D eigenvalue weighted by Crippen LogP contribution is 2.22. The number of nitrogens with two attached hydrogens (primary N) is 1. The average molecular weight is 295 g/mol. The topological polar surface area (TPSA) is 80.9 Å². The third-order valence-electron chi connectivity index (χ3n) is 2.15. The van der Waals surface area contributed by atoms with Crippen LogP contribution in [0.15, 0.2) is 41.8 Å². The van der Waals surface area contributed by atoms with Crippen LogP contribution in [0.5, 0.6) is 0 Å². The molecule has 3 N–H and O–H groups in total. The van der Waals surface area contributed by atoms with E-state index in [0.29, 0.717) is 21.6 Å². The van der Waals surface area contributed by atoms with E-state index in [2.05, 4.69) is 15.3 Å². The van der Waals surface area contributed by atoms with Crippen molar-refractivity contribution in [1.29, 1.82) is 0 Å². The van der Waals surface area contributed by atoms with Gasteiger partial charge in [-0.1, -0.05) is 23.4 Å². The molecule has 0 radical (unpaired) electrons. The Hall–Kier alpha value is -1.79. The summed E-state index contributed by atoms with van der Waals surface area (Å²) in [5, 5.41) is 3.75. The Kier molecular flexibility index (Phi) is 4.59. The fourth-order valence-corrected chi connectivity index (χ4v) is 2.03. The molecule has 1 aromatic heterocycles. The van der Waals surface area contributed by atoms with Crippen molar-refractivity contribution in [3.8, 4) is 0 Å². The highest BCUT2D eigenvalue weighted by atomic mass is 35.5. The third kappa shape index (κ3) is 4.11.